The number of rotatable bonds is 0. The van der Waals surface area contributed by atoms with E-state index in [0.29, 0.717) is 0 Å². The van der Waals surface area contributed by atoms with Gasteiger partial charge in [0.05, 0.1) is 0 Å². The average Bonchev–Trinajstić information content (AvgIpc) is 2.31. The fourth-order valence-electron chi connectivity index (χ4n) is 0.875. The Hall–Kier alpha value is -1.83. The molecule has 0 aromatic carbocycles. The molecular weight excluding hydrogens is 196 g/mol. The van der Waals surface area contributed by atoms with Crippen molar-refractivity contribution in [2.75, 3.05) is 17.2 Å². The van der Waals surface area contributed by atoms with Crippen LogP contribution in [-0.4, -0.2) is 24.6 Å². The molecule has 0 bridgehead atoms. The van der Waals surface area contributed by atoms with Crippen LogP contribution in [0, 0.1) is 0 Å². The van der Waals surface area contributed by atoms with Gasteiger partial charge < -0.3 is 17.2 Å². The van der Waals surface area contributed by atoms with E-state index < -0.39 is 0 Å². The summed E-state index contributed by atoms with van der Waals surface area (Å²) < 4.78 is 1.30. The van der Waals surface area contributed by atoms with Gasteiger partial charge in [0.25, 0.3) is 5.78 Å². The molecule has 0 saturated carbocycles. The lowest BCUT2D eigenvalue weighted by molar-refractivity contribution is 1.05. The minimum Gasteiger partial charge on any atom is -0.369 e. The third-order valence-electron chi connectivity index (χ3n) is 1.34. The number of nitrogens with two attached hydrogens (primary N) is 3. The van der Waals surface area contributed by atoms with E-state index in [9.17, 15) is 0 Å². The molecule has 0 unspecified atom stereocenters. The van der Waals surface area contributed by atoms with E-state index >= 15 is 0 Å². The van der Waals surface area contributed by atoms with E-state index in [4.69, 9.17) is 17.2 Å². The van der Waals surface area contributed by atoms with Gasteiger partial charge in [0.2, 0.25) is 17.8 Å². The summed E-state index contributed by atoms with van der Waals surface area (Å²) in [6.07, 6.45) is 0. The molecule has 0 fully saturated rings. The third kappa shape index (κ3) is 1.26. The Morgan fingerprint density at radius 1 is 0.923 bits per heavy atom. The Labute approximate surface area is 78.6 Å². The molecule has 2 rings (SSSR count). The number of nitrogen functional groups attached to an aromatic ring is 3. The van der Waals surface area contributed by atoms with Crippen LogP contribution in [0.4, 0.5) is 17.8 Å². The van der Waals surface area contributed by atoms with E-state index in [1.54, 1.807) is 0 Å². The van der Waals surface area contributed by atoms with Gasteiger partial charge in [-0.15, -0.1) is 22.6 Å². The second-order valence-corrected chi connectivity index (χ2v) is 2.13. The molecule has 0 atom stereocenters. The fourth-order valence-corrected chi connectivity index (χ4v) is 0.875. The Morgan fingerprint density at radius 3 is 2.31 bits per heavy atom. The number of anilines is 3. The van der Waals surface area contributed by atoms with Crippen LogP contribution >= 0.6 is 12.4 Å². The van der Waals surface area contributed by atoms with Crippen molar-refractivity contribution in [2.45, 2.75) is 0 Å². The van der Waals surface area contributed by atoms with Crippen LogP contribution in [-0.2, 0) is 0 Å². The normalized spacial score (nSPS) is 9.85. The van der Waals surface area contributed by atoms with Crippen LogP contribution in [0.15, 0.2) is 0 Å². The predicted octanol–water partition coefficient (Wildman–Crippen LogP) is -1.31. The standard InChI is InChI=1S/C4H6N8.ClH/c5-1-8-2(6)12-3(7)10-11-4(12)9-1;/h(H2,7,10)(H4,5,6,8,9,11);1H. The van der Waals surface area contributed by atoms with Crippen molar-refractivity contribution in [3.05, 3.63) is 0 Å². The molecule has 2 heterocycles. The Bertz CT molecular complexity index is 435. The van der Waals surface area contributed by atoms with Gasteiger partial charge in [-0.2, -0.15) is 9.97 Å². The van der Waals surface area contributed by atoms with Crippen LogP contribution in [0.5, 0.6) is 0 Å². The van der Waals surface area contributed by atoms with Gasteiger partial charge in [-0.25, -0.2) is 4.40 Å². The van der Waals surface area contributed by atoms with E-state index in [2.05, 4.69) is 20.2 Å². The minimum absolute atomic E-state index is 0. The summed E-state index contributed by atoms with van der Waals surface area (Å²) in [5.41, 5.74) is 16.2. The third-order valence-corrected chi connectivity index (χ3v) is 1.34. The molecule has 0 aliphatic heterocycles. The summed E-state index contributed by atoms with van der Waals surface area (Å²) in [4.78, 5) is 7.44. The molecule has 6 N–H and O–H groups in total. The lowest BCUT2D eigenvalue weighted by Crippen LogP contribution is -2.07. The Kier molecular flexibility index (Phi) is 2.07. The summed E-state index contributed by atoms with van der Waals surface area (Å²) in [6, 6.07) is 0. The summed E-state index contributed by atoms with van der Waals surface area (Å²) >= 11 is 0. The molecule has 0 amide bonds. The average molecular weight is 203 g/mol. The monoisotopic (exact) mass is 202 g/mol. The van der Waals surface area contributed by atoms with E-state index in [0.717, 1.165) is 0 Å². The lowest BCUT2D eigenvalue weighted by atomic mass is 10.8. The van der Waals surface area contributed by atoms with Gasteiger partial charge in [0.15, 0.2) is 0 Å². The van der Waals surface area contributed by atoms with Crippen LogP contribution in [0.2, 0.25) is 0 Å². The first-order chi connectivity index (χ1) is 5.68. The molecule has 0 aliphatic rings. The van der Waals surface area contributed by atoms with Crippen molar-refractivity contribution >= 4 is 36.0 Å². The van der Waals surface area contributed by atoms with Crippen LogP contribution in [0.1, 0.15) is 0 Å². The molecule has 0 saturated heterocycles. The SMILES string of the molecule is Cl.Nc1nc(N)n2c(N)nnc2n1. The summed E-state index contributed by atoms with van der Waals surface area (Å²) in [6.45, 7) is 0. The number of aromatic nitrogens is 5. The topological polar surface area (TPSA) is 134 Å². The molecule has 2 aromatic heterocycles. The molecule has 2 aromatic rings. The van der Waals surface area contributed by atoms with Gasteiger partial charge in [-0.1, -0.05) is 0 Å². The summed E-state index contributed by atoms with van der Waals surface area (Å²) in [5.74, 6) is 0.562. The number of halogens is 1. The first kappa shape index (κ1) is 9.26. The molecule has 8 nitrogen and oxygen atoms in total. The van der Waals surface area contributed by atoms with E-state index in [1.807, 2.05) is 0 Å². The highest BCUT2D eigenvalue weighted by molar-refractivity contribution is 5.85. The van der Waals surface area contributed by atoms with Crippen molar-refractivity contribution in [2.24, 2.45) is 0 Å². The van der Waals surface area contributed by atoms with Crippen LogP contribution < -0.4 is 17.2 Å². The zero-order chi connectivity index (χ0) is 8.72. The predicted molar refractivity (Wildman–Crippen MR) is 49.1 cm³/mol. The zero-order valence-corrected chi connectivity index (χ0v) is 7.19. The number of hydrogen-bond acceptors (Lipinski definition) is 7. The Balaban J connectivity index is 0.000000845. The summed E-state index contributed by atoms with van der Waals surface area (Å²) in [5, 5.41) is 7.17. The number of fused-ring (bicyclic) bond motifs is 1. The molecule has 0 aliphatic carbocycles. The van der Waals surface area contributed by atoms with Crippen LogP contribution in [0.3, 0.4) is 0 Å². The second kappa shape index (κ2) is 2.90. The van der Waals surface area contributed by atoms with Gasteiger partial charge in [0, 0.05) is 0 Å². The van der Waals surface area contributed by atoms with Crippen molar-refractivity contribution < 1.29 is 0 Å². The minimum atomic E-state index is 0. The first-order valence-electron chi connectivity index (χ1n) is 3.08. The Morgan fingerprint density at radius 2 is 1.62 bits per heavy atom. The molecule has 0 spiro atoms. The fraction of sp³-hybridized carbons (Fsp3) is 0. The largest absolute Gasteiger partial charge is 0.369 e. The van der Waals surface area contributed by atoms with Gasteiger partial charge in [0.1, 0.15) is 0 Å². The summed E-state index contributed by atoms with van der Waals surface area (Å²) in [7, 11) is 0. The maximum atomic E-state index is 5.47. The van der Waals surface area contributed by atoms with Crippen molar-refractivity contribution in [1.82, 2.24) is 24.6 Å². The quantitative estimate of drug-likeness (QED) is 0.483. The first-order valence-corrected chi connectivity index (χ1v) is 3.08. The highest BCUT2D eigenvalue weighted by atomic mass is 35.5. The van der Waals surface area contributed by atoms with Gasteiger partial charge in [-0.3, -0.25) is 0 Å². The number of nitrogens with zero attached hydrogens (tertiary/aromatic N) is 5. The zero-order valence-electron chi connectivity index (χ0n) is 6.38. The van der Waals surface area contributed by atoms with E-state index in [-0.39, 0.29) is 36.0 Å². The second-order valence-electron chi connectivity index (χ2n) is 2.13. The molecule has 0 radical (unpaired) electrons. The van der Waals surface area contributed by atoms with E-state index in [1.165, 1.54) is 4.40 Å². The number of hydrogen-bond donors (Lipinski definition) is 3. The molecular formula is C4H7ClN8. The highest BCUT2D eigenvalue weighted by Gasteiger charge is 2.07. The lowest BCUT2D eigenvalue weighted by Gasteiger charge is -1.98. The maximum Gasteiger partial charge on any atom is 0.262 e. The maximum absolute atomic E-state index is 5.47. The van der Waals surface area contributed by atoms with Gasteiger partial charge in [-0.05, 0) is 0 Å². The van der Waals surface area contributed by atoms with Crippen LogP contribution in [0.25, 0.3) is 5.78 Å². The van der Waals surface area contributed by atoms with Crippen molar-refractivity contribution in [3.8, 4) is 0 Å². The van der Waals surface area contributed by atoms with Gasteiger partial charge >= 0.3 is 0 Å². The molecule has 13 heavy (non-hydrogen) atoms. The molecule has 70 valence electrons. The van der Waals surface area contributed by atoms with Crippen molar-refractivity contribution in [1.29, 1.82) is 0 Å². The molecule has 9 heteroatoms. The highest BCUT2D eigenvalue weighted by Crippen LogP contribution is 2.08. The van der Waals surface area contributed by atoms with Crippen molar-refractivity contribution in [3.63, 3.8) is 0 Å². The smallest absolute Gasteiger partial charge is 0.262 e.